The minimum atomic E-state index is -2.80. The van der Waals surface area contributed by atoms with Crippen LogP contribution in [0.3, 0.4) is 0 Å². The summed E-state index contributed by atoms with van der Waals surface area (Å²) >= 11 is 0. The zero-order chi connectivity index (χ0) is 12.9. The molecule has 1 amide bonds. The average Bonchev–Trinajstić information content (AvgIpc) is 2.38. The standard InChI is InChI=1S/C11H17N2O3P/c1-3-17(16,10-7-5-4-6-8-10)13-9(2)11(14)12-15/h4-9,15H,3H2,1-2H3,(H,12,14)(H,13,16)/t9-,17?/m1/s1. The topological polar surface area (TPSA) is 78.4 Å². The highest BCUT2D eigenvalue weighted by Gasteiger charge is 2.26. The summed E-state index contributed by atoms with van der Waals surface area (Å²) in [5, 5.41) is 12.0. The van der Waals surface area contributed by atoms with Gasteiger partial charge in [0.05, 0.1) is 6.04 Å². The highest BCUT2D eigenvalue weighted by molar-refractivity contribution is 7.69. The molecule has 0 heterocycles. The van der Waals surface area contributed by atoms with E-state index in [1.54, 1.807) is 43.6 Å². The van der Waals surface area contributed by atoms with Gasteiger partial charge in [-0.1, -0.05) is 37.3 Å². The molecule has 1 rings (SSSR count). The van der Waals surface area contributed by atoms with Crippen molar-refractivity contribution < 1.29 is 14.6 Å². The molecule has 1 aromatic carbocycles. The lowest BCUT2D eigenvalue weighted by atomic mass is 10.4. The molecule has 0 bridgehead atoms. The minimum Gasteiger partial charge on any atom is -0.302 e. The fourth-order valence-corrected chi connectivity index (χ4v) is 3.58. The predicted molar refractivity (Wildman–Crippen MR) is 66.8 cm³/mol. The van der Waals surface area contributed by atoms with Crippen LogP contribution in [-0.2, 0) is 9.36 Å². The summed E-state index contributed by atoms with van der Waals surface area (Å²) < 4.78 is 12.6. The molecule has 0 saturated heterocycles. The Labute approximate surface area is 101 Å². The summed E-state index contributed by atoms with van der Waals surface area (Å²) in [5.41, 5.74) is 1.54. The molecular weight excluding hydrogens is 239 g/mol. The maximum Gasteiger partial charge on any atom is 0.260 e. The first-order chi connectivity index (χ1) is 8.03. The third kappa shape index (κ3) is 3.40. The maximum atomic E-state index is 12.6. The van der Waals surface area contributed by atoms with Gasteiger partial charge in [-0.2, -0.15) is 0 Å². The average molecular weight is 256 g/mol. The number of hydrogen-bond acceptors (Lipinski definition) is 3. The van der Waals surface area contributed by atoms with Gasteiger partial charge >= 0.3 is 0 Å². The summed E-state index contributed by atoms with van der Waals surface area (Å²) in [4.78, 5) is 11.2. The predicted octanol–water partition coefficient (Wildman–Crippen LogP) is 1.09. The third-order valence-corrected chi connectivity index (χ3v) is 5.35. The molecule has 0 radical (unpaired) electrons. The van der Waals surface area contributed by atoms with E-state index < -0.39 is 19.2 Å². The Bertz CT molecular complexity index is 422. The van der Waals surface area contributed by atoms with E-state index in [2.05, 4.69) is 5.09 Å². The van der Waals surface area contributed by atoms with Gasteiger partial charge in [-0.15, -0.1) is 0 Å². The Morgan fingerprint density at radius 2 is 2.00 bits per heavy atom. The molecule has 0 aromatic heterocycles. The molecule has 94 valence electrons. The highest BCUT2D eigenvalue weighted by Crippen LogP contribution is 2.39. The van der Waals surface area contributed by atoms with Crippen molar-refractivity contribution in [2.75, 3.05) is 6.16 Å². The van der Waals surface area contributed by atoms with Crippen molar-refractivity contribution >= 4 is 18.5 Å². The lowest BCUT2D eigenvalue weighted by molar-refractivity contribution is -0.130. The molecule has 17 heavy (non-hydrogen) atoms. The smallest absolute Gasteiger partial charge is 0.260 e. The molecule has 3 N–H and O–H groups in total. The van der Waals surface area contributed by atoms with Gasteiger partial charge in [0, 0.05) is 11.5 Å². The SMILES string of the molecule is CCP(=O)(N[C@H](C)C(=O)NO)c1ccccc1. The second-order valence-corrected chi connectivity index (χ2v) is 6.60. The van der Waals surface area contributed by atoms with Gasteiger partial charge in [0.1, 0.15) is 0 Å². The Morgan fingerprint density at radius 3 is 2.47 bits per heavy atom. The van der Waals surface area contributed by atoms with Gasteiger partial charge in [-0.3, -0.25) is 15.1 Å². The first-order valence-corrected chi connectivity index (χ1v) is 7.29. The lowest BCUT2D eigenvalue weighted by Crippen LogP contribution is -2.41. The second-order valence-electron chi connectivity index (χ2n) is 3.72. The molecule has 2 atom stereocenters. The fraction of sp³-hybridized carbons (Fsp3) is 0.364. The van der Waals surface area contributed by atoms with E-state index in [0.29, 0.717) is 11.5 Å². The number of carbonyl (C=O) groups excluding carboxylic acids is 1. The number of rotatable bonds is 5. The van der Waals surface area contributed by atoms with Crippen molar-refractivity contribution in [3.05, 3.63) is 30.3 Å². The van der Waals surface area contributed by atoms with Crippen molar-refractivity contribution in [1.29, 1.82) is 0 Å². The first-order valence-electron chi connectivity index (χ1n) is 5.40. The van der Waals surface area contributed by atoms with Crippen LogP contribution in [0.25, 0.3) is 0 Å². The van der Waals surface area contributed by atoms with Crippen LogP contribution in [0.5, 0.6) is 0 Å². The summed E-state index contributed by atoms with van der Waals surface area (Å²) in [5.74, 6) is -0.602. The lowest BCUT2D eigenvalue weighted by Gasteiger charge is -2.21. The van der Waals surface area contributed by atoms with E-state index in [1.165, 1.54) is 0 Å². The van der Waals surface area contributed by atoms with Crippen molar-refractivity contribution in [1.82, 2.24) is 10.6 Å². The van der Waals surface area contributed by atoms with E-state index >= 15 is 0 Å². The molecule has 1 unspecified atom stereocenters. The van der Waals surface area contributed by atoms with E-state index in [1.807, 2.05) is 6.07 Å². The van der Waals surface area contributed by atoms with Gasteiger partial charge in [-0.25, -0.2) is 5.48 Å². The fourth-order valence-electron chi connectivity index (χ4n) is 1.49. The normalized spacial score (nSPS) is 15.9. The molecule has 0 saturated carbocycles. The van der Waals surface area contributed by atoms with Crippen molar-refractivity contribution in [2.45, 2.75) is 19.9 Å². The zero-order valence-electron chi connectivity index (χ0n) is 9.88. The first kappa shape index (κ1) is 13.9. The summed E-state index contributed by atoms with van der Waals surface area (Å²) in [6.07, 6.45) is 0.403. The molecule has 1 aromatic rings. The molecule has 0 aliphatic carbocycles. The van der Waals surface area contributed by atoms with Crippen LogP contribution in [0.1, 0.15) is 13.8 Å². The van der Waals surface area contributed by atoms with E-state index in [9.17, 15) is 9.36 Å². The molecule has 6 heteroatoms. The van der Waals surface area contributed by atoms with Crippen LogP contribution in [0.15, 0.2) is 30.3 Å². The zero-order valence-corrected chi connectivity index (χ0v) is 10.8. The Morgan fingerprint density at radius 1 is 1.41 bits per heavy atom. The molecular formula is C11H17N2O3P. The molecule has 0 aliphatic rings. The van der Waals surface area contributed by atoms with E-state index in [-0.39, 0.29) is 0 Å². The van der Waals surface area contributed by atoms with Gasteiger partial charge in [0.2, 0.25) is 0 Å². The number of amides is 1. The van der Waals surface area contributed by atoms with Crippen LogP contribution in [-0.4, -0.2) is 23.3 Å². The van der Waals surface area contributed by atoms with Crippen LogP contribution in [0, 0.1) is 0 Å². The Balaban J connectivity index is 2.91. The number of nitrogens with one attached hydrogen (secondary N) is 2. The van der Waals surface area contributed by atoms with Gasteiger partial charge in [0.15, 0.2) is 7.29 Å². The van der Waals surface area contributed by atoms with Crippen molar-refractivity contribution in [3.8, 4) is 0 Å². The number of hydrogen-bond donors (Lipinski definition) is 3. The third-order valence-electron chi connectivity index (χ3n) is 2.52. The highest BCUT2D eigenvalue weighted by atomic mass is 31.2. The monoisotopic (exact) mass is 256 g/mol. The van der Waals surface area contributed by atoms with Gasteiger partial charge < -0.3 is 4.57 Å². The quantitative estimate of drug-likeness (QED) is 0.418. The largest absolute Gasteiger partial charge is 0.302 e. The molecule has 0 fully saturated rings. The molecule has 0 spiro atoms. The van der Waals surface area contributed by atoms with Crippen LogP contribution < -0.4 is 15.9 Å². The summed E-state index contributed by atoms with van der Waals surface area (Å²) in [6, 6.07) is 8.26. The van der Waals surface area contributed by atoms with Crippen LogP contribution in [0.4, 0.5) is 0 Å². The maximum absolute atomic E-state index is 12.6. The molecule has 5 nitrogen and oxygen atoms in total. The van der Waals surface area contributed by atoms with Crippen LogP contribution in [0.2, 0.25) is 0 Å². The molecule has 0 aliphatic heterocycles. The number of benzene rings is 1. The summed E-state index contributed by atoms with van der Waals surface area (Å²) in [6.45, 7) is 3.35. The van der Waals surface area contributed by atoms with Crippen molar-refractivity contribution in [2.24, 2.45) is 0 Å². The van der Waals surface area contributed by atoms with Crippen LogP contribution >= 0.6 is 7.29 Å². The van der Waals surface area contributed by atoms with Gasteiger partial charge in [-0.05, 0) is 6.92 Å². The van der Waals surface area contributed by atoms with E-state index in [4.69, 9.17) is 5.21 Å². The summed E-state index contributed by atoms with van der Waals surface area (Å²) in [7, 11) is -2.80. The minimum absolute atomic E-state index is 0.403. The number of carbonyl (C=O) groups is 1. The van der Waals surface area contributed by atoms with E-state index in [0.717, 1.165) is 0 Å². The second kappa shape index (κ2) is 5.96. The Kier molecular flexibility index (Phi) is 4.87. The van der Waals surface area contributed by atoms with Gasteiger partial charge in [0.25, 0.3) is 5.91 Å². The Hall–Kier alpha value is -1.16. The number of hydroxylamine groups is 1. The van der Waals surface area contributed by atoms with Crippen molar-refractivity contribution in [3.63, 3.8) is 0 Å².